The molecule has 0 aliphatic carbocycles. The summed E-state index contributed by atoms with van der Waals surface area (Å²) in [6.45, 7) is 3.66. The van der Waals surface area contributed by atoms with Gasteiger partial charge in [0.25, 0.3) is 0 Å². The highest BCUT2D eigenvalue weighted by molar-refractivity contribution is 7.92. The standard InChI is InChI=1S/C30H35ClFN3O5S/c1-21(2)18-33-30(37)27(16-22-8-6-5-7-9-22)34(19-23-10-12-24(32)13-11-23)29(36)20-35(41(4,38)39)25-14-15-28(40-3)26(31)17-25/h5-15,17,21,27H,16,18-20H2,1-4H3,(H,33,37)/t27-/m0/s1. The summed E-state index contributed by atoms with van der Waals surface area (Å²) < 4.78 is 45.5. The summed E-state index contributed by atoms with van der Waals surface area (Å²) in [5.41, 5.74) is 1.56. The monoisotopic (exact) mass is 603 g/mol. The zero-order valence-electron chi connectivity index (χ0n) is 23.5. The van der Waals surface area contributed by atoms with Crippen LogP contribution in [0.2, 0.25) is 5.02 Å². The van der Waals surface area contributed by atoms with Crippen LogP contribution >= 0.6 is 11.6 Å². The Bertz CT molecular complexity index is 1440. The first-order valence-corrected chi connectivity index (χ1v) is 15.3. The fourth-order valence-electron chi connectivity index (χ4n) is 4.19. The second-order valence-corrected chi connectivity index (χ2v) is 12.4. The van der Waals surface area contributed by atoms with Crippen LogP contribution in [-0.4, -0.2) is 57.6 Å². The van der Waals surface area contributed by atoms with Crippen LogP contribution in [0.3, 0.4) is 0 Å². The molecule has 0 heterocycles. The SMILES string of the molecule is COc1ccc(N(CC(=O)N(Cc2ccc(F)cc2)[C@@H](Cc2ccccc2)C(=O)NCC(C)C)S(C)(=O)=O)cc1Cl. The Morgan fingerprint density at radius 3 is 2.22 bits per heavy atom. The molecule has 1 atom stereocenters. The Balaban J connectivity index is 2.05. The van der Waals surface area contributed by atoms with E-state index < -0.39 is 34.3 Å². The summed E-state index contributed by atoms with van der Waals surface area (Å²) >= 11 is 6.26. The number of amides is 2. The Morgan fingerprint density at radius 1 is 1.00 bits per heavy atom. The quantitative estimate of drug-likeness (QED) is 0.306. The molecule has 11 heteroatoms. The van der Waals surface area contributed by atoms with Gasteiger partial charge < -0.3 is 15.0 Å². The maximum atomic E-state index is 14.0. The molecule has 3 aromatic carbocycles. The van der Waals surface area contributed by atoms with E-state index in [-0.39, 0.29) is 35.5 Å². The molecule has 0 bridgehead atoms. The zero-order valence-corrected chi connectivity index (χ0v) is 25.1. The lowest BCUT2D eigenvalue weighted by atomic mass is 10.0. The van der Waals surface area contributed by atoms with Crippen LogP contribution in [0.4, 0.5) is 10.1 Å². The van der Waals surface area contributed by atoms with Gasteiger partial charge in [-0.1, -0.05) is 67.9 Å². The van der Waals surface area contributed by atoms with Crippen molar-refractivity contribution >= 4 is 39.1 Å². The number of hydrogen-bond acceptors (Lipinski definition) is 5. The number of sulfonamides is 1. The summed E-state index contributed by atoms with van der Waals surface area (Å²) in [6.07, 6.45) is 1.17. The lowest BCUT2D eigenvalue weighted by Gasteiger charge is -2.33. The van der Waals surface area contributed by atoms with Crippen LogP contribution in [0.25, 0.3) is 0 Å². The number of halogens is 2. The molecule has 2 amide bonds. The highest BCUT2D eigenvalue weighted by atomic mass is 35.5. The predicted octanol–water partition coefficient (Wildman–Crippen LogP) is 4.67. The number of benzene rings is 3. The average Bonchev–Trinajstić information content (AvgIpc) is 2.93. The van der Waals surface area contributed by atoms with Crippen LogP contribution in [0.1, 0.15) is 25.0 Å². The molecule has 0 aromatic heterocycles. The maximum absolute atomic E-state index is 14.0. The van der Waals surface area contributed by atoms with Crippen LogP contribution in [0.5, 0.6) is 5.75 Å². The molecule has 0 saturated carbocycles. The van der Waals surface area contributed by atoms with E-state index in [9.17, 15) is 22.4 Å². The van der Waals surface area contributed by atoms with Gasteiger partial charge in [0.2, 0.25) is 21.8 Å². The van der Waals surface area contributed by atoms with Crippen molar-refractivity contribution in [1.29, 1.82) is 0 Å². The van der Waals surface area contributed by atoms with Crippen molar-refractivity contribution in [1.82, 2.24) is 10.2 Å². The molecular formula is C30H35ClFN3O5S. The highest BCUT2D eigenvalue weighted by Gasteiger charge is 2.33. The zero-order chi connectivity index (χ0) is 30.2. The molecule has 0 aliphatic heterocycles. The topological polar surface area (TPSA) is 96.0 Å². The number of hydrogen-bond donors (Lipinski definition) is 1. The number of nitrogens with one attached hydrogen (secondary N) is 1. The third-order valence-electron chi connectivity index (χ3n) is 6.32. The molecule has 0 unspecified atom stereocenters. The summed E-state index contributed by atoms with van der Waals surface area (Å²) in [5, 5.41) is 3.08. The molecule has 41 heavy (non-hydrogen) atoms. The van der Waals surface area contributed by atoms with E-state index in [4.69, 9.17) is 16.3 Å². The largest absolute Gasteiger partial charge is 0.495 e. The highest BCUT2D eigenvalue weighted by Crippen LogP contribution is 2.30. The molecule has 0 fully saturated rings. The third-order valence-corrected chi connectivity index (χ3v) is 7.76. The Hall–Kier alpha value is -3.63. The van der Waals surface area contributed by atoms with Gasteiger partial charge in [-0.05, 0) is 47.4 Å². The molecule has 0 aliphatic rings. The van der Waals surface area contributed by atoms with E-state index in [1.54, 1.807) is 0 Å². The van der Waals surface area contributed by atoms with Gasteiger partial charge in [-0.3, -0.25) is 13.9 Å². The van der Waals surface area contributed by atoms with Gasteiger partial charge in [-0.2, -0.15) is 0 Å². The van der Waals surface area contributed by atoms with Crippen molar-refractivity contribution in [2.45, 2.75) is 32.9 Å². The van der Waals surface area contributed by atoms with Crippen molar-refractivity contribution in [3.63, 3.8) is 0 Å². The Kier molecular flexibility index (Phi) is 11.1. The lowest BCUT2D eigenvalue weighted by Crippen LogP contribution is -2.53. The molecule has 8 nitrogen and oxygen atoms in total. The number of anilines is 1. The van der Waals surface area contributed by atoms with Gasteiger partial charge in [0.15, 0.2) is 0 Å². The molecule has 0 saturated heterocycles. The minimum absolute atomic E-state index is 0.0489. The second-order valence-electron chi connectivity index (χ2n) is 10.1. The fraction of sp³-hybridized carbons (Fsp3) is 0.333. The Morgan fingerprint density at radius 2 is 1.66 bits per heavy atom. The first kappa shape index (κ1) is 31.9. The minimum atomic E-state index is -3.95. The molecule has 0 radical (unpaired) electrons. The first-order valence-electron chi connectivity index (χ1n) is 13.1. The van der Waals surface area contributed by atoms with Crippen molar-refractivity contribution in [3.8, 4) is 5.75 Å². The van der Waals surface area contributed by atoms with E-state index >= 15 is 0 Å². The van der Waals surface area contributed by atoms with E-state index in [0.29, 0.717) is 17.9 Å². The van der Waals surface area contributed by atoms with Crippen LogP contribution < -0.4 is 14.4 Å². The minimum Gasteiger partial charge on any atom is -0.495 e. The van der Waals surface area contributed by atoms with Crippen LogP contribution in [0.15, 0.2) is 72.8 Å². The van der Waals surface area contributed by atoms with Crippen LogP contribution in [-0.2, 0) is 32.6 Å². The second kappa shape index (κ2) is 14.3. The number of carbonyl (C=O) groups excluding carboxylic acids is 2. The molecule has 220 valence electrons. The van der Waals surface area contributed by atoms with Gasteiger partial charge in [0.05, 0.1) is 24.1 Å². The number of methoxy groups -OCH3 is 1. The average molecular weight is 604 g/mol. The maximum Gasteiger partial charge on any atom is 0.244 e. The van der Waals surface area contributed by atoms with Crippen molar-refractivity contribution < 1.29 is 27.1 Å². The van der Waals surface area contributed by atoms with E-state index in [1.807, 2.05) is 44.2 Å². The summed E-state index contributed by atoms with van der Waals surface area (Å²) in [6, 6.07) is 18.2. The number of rotatable bonds is 13. The number of nitrogens with zero attached hydrogens (tertiary/aromatic N) is 2. The van der Waals surface area contributed by atoms with Gasteiger partial charge in [0.1, 0.15) is 24.2 Å². The third kappa shape index (κ3) is 9.19. The summed E-state index contributed by atoms with van der Waals surface area (Å²) in [5.74, 6) is -0.929. The van der Waals surface area contributed by atoms with E-state index in [1.165, 1.54) is 54.5 Å². The fourth-order valence-corrected chi connectivity index (χ4v) is 5.28. The first-order chi connectivity index (χ1) is 19.4. The molecule has 3 aromatic rings. The predicted molar refractivity (Wildman–Crippen MR) is 159 cm³/mol. The van der Waals surface area contributed by atoms with E-state index in [2.05, 4.69) is 5.32 Å². The Labute approximate surface area is 246 Å². The van der Waals surface area contributed by atoms with Crippen molar-refractivity contribution in [3.05, 3.63) is 94.8 Å². The van der Waals surface area contributed by atoms with Gasteiger partial charge in [-0.25, -0.2) is 12.8 Å². The normalized spacial score (nSPS) is 12.1. The van der Waals surface area contributed by atoms with Gasteiger partial charge in [0, 0.05) is 19.5 Å². The molecule has 1 N–H and O–H groups in total. The van der Waals surface area contributed by atoms with Crippen LogP contribution in [0, 0.1) is 11.7 Å². The summed E-state index contributed by atoms with van der Waals surface area (Å²) in [4.78, 5) is 29.0. The lowest BCUT2D eigenvalue weighted by molar-refractivity contribution is -0.140. The van der Waals surface area contributed by atoms with E-state index in [0.717, 1.165) is 16.1 Å². The van der Waals surface area contributed by atoms with Crippen molar-refractivity contribution in [2.24, 2.45) is 5.92 Å². The molecule has 0 spiro atoms. The molecule has 3 rings (SSSR count). The number of ether oxygens (including phenoxy) is 1. The smallest absolute Gasteiger partial charge is 0.244 e. The van der Waals surface area contributed by atoms with Crippen molar-refractivity contribution in [2.75, 3.05) is 30.8 Å². The summed E-state index contributed by atoms with van der Waals surface area (Å²) in [7, 11) is -2.52. The van der Waals surface area contributed by atoms with Gasteiger partial charge in [-0.15, -0.1) is 0 Å². The van der Waals surface area contributed by atoms with Gasteiger partial charge >= 0.3 is 0 Å². The molecular weight excluding hydrogens is 569 g/mol. The number of carbonyl (C=O) groups is 2.